The largest absolute Gasteiger partial charge is 0.384 e. The lowest BCUT2D eigenvalue weighted by molar-refractivity contribution is 0.0763. The molecule has 0 heterocycles. The molecule has 1 atom stereocenters. The van der Waals surface area contributed by atoms with Crippen LogP contribution in [0.15, 0.2) is 18.2 Å². The first-order chi connectivity index (χ1) is 7.72. The molecule has 1 aromatic rings. The van der Waals surface area contributed by atoms with Gasteiger partial charge in [-0.05, 0) is 42.9 Å². The molecule has 0 spiro atoms. The summed E-state index contributed by atoms with van der Waals surface area (Å²) in [5, 5.41) is 9.41. The van der Waals surface area contributed by atoms with Gasteiger partial charge in [0.1, 0.15) is 6.10 Å². The van der Waals surface area contributed by atoms with Crippen molar-refractivity contribution in [3.05, 3.63) is 34.9 Å². The molecule has 0 aromatic heterocycles. The van der Waals surface area contributed by atoms with Crippen molar-refractivity contribution < 1.29 is 9.90 Å². The van der Waals surface area contributed by atoms with Gasteiger partial charge in [0.15, 0.2) is 5.78 Å². The van der Waals surface area contributed by atoms with Crippen LogP contribution in [0.1, 0.15) is 34.3 Å². The minimum absolute atomic E-state index is 0.0179. The first kappa shape index (κ1) is 11.3. The monoisotopic (exact) mass is 219 g/mol. The first-order valence-electron chi connectivity index (χ1n) is 5.76. The molecule has 3 N–H and O–H groups in total. The number of hydrogen-bond donors (Lipinski definition) is 2. The molecule has 1 aliphatic carbocycles. The van der Waals surface area contributed by atoms with Gasteiger partial charge in [-0.2, -0.15) is 0 Å². The fourth-order valence-corrected chi connectivity index (χ4v) is 2.19. The van der Waals surface area contributed by atoms with Gasteiger partial charge < -0.3 is 10.8 Å². The van der Waals surface area contributed by atoms with Crippen LogP contribution in [0.4, 0.5) is 0 Å². The molecular weight excluding hydrogens is 202 g/mol. The minimum Gasteiger partial charge on any atom is -0.384 e. The number of hydrogen-bond acceptors (Lipinski definition) is 3. The summed E-state index contributed by atoms with van der Waals surface area (Å²) in [4.78, 5) is 11.7. The quantitative estimate of drug-likeness (QED) is 0.747. The minimum atomic E-state index is -1.07. The summed E-state index contributed by atoms with van der Waals surface area (Å²) in [6.07, 6.45) is 3.48. The molecule has 0 bridgehead atoms. The lowest BCUT2D eigenvalue weighted by Crippen LogP contribution is -2.29. The zero-order valence-corrected chi connectivity index (χ0v) is 9.28. The molecule has 86 valence electrons. The van der Waals surface area contributed by atoms with Crippen LogP contribution in [0.3, 0.4) is 0 Å². The lowest BCUT2D eigenvalue weighted by Gasteiger charge is -2.16. The molecule has 0 amide bonds. The van der Waals surface area contributed by atoms with E-state index in [1.807, 2.05) is 12.1 Å². The molecule has 0 fully saturated rings. The molecule has 1 aromatic carbocycles. The second kappa shape index (κ2) is 4.76. The van der Waals surface area contributed by atoms with Crippen molar-refractivity contribution in [1.29, 1.82) is 0 Å². The molecule has 0 radical (unpaired) electrons. The molecule has 0 saturated carbocycles. The van der Waals surface area contributed by atoms with Crippen LogP contribution in [0.2, 0.25) is 0 Å². The average Bonchev–Trinajstić information content (AvgIpc) is 2.36. The number of carbonyl (C=O) groups excluding carboxylic acids is 1. The smallest absolute Gasteiger partial charge is 0.192 e. The van der Waals surface area contributed by atoms with Crippen LogP contribution >= 0.6 is 0 Å². The van der Waals surface area contributed by atoms with E-state index < -0.39 is 6.10 Å². The number of rotatable bonds is 3. The summed E-state index contributed by atoms with van der Waals surface area (Å²) in [7, 11) is 0. The Balaban J connectivity index is 2.26. The highest BCUT2D eigenvalue weighted by Crippen LogP contribution is 2.22. The van der Waals surface area contributed by atoms with Gasteiger partial charge in [0, 0.05) is 12.1 Å². The van der Waals surface area contributed by atoms with Crippen LogP contribution in [-0.2, 0) is 12.8 Å². The first-order valence-corrected chi connectivity index (χ1v) is 5.76. The van der Waals surface area contributed by atoms with Gasteiger partial charge in [-0.15, -0.1) is 0 Å². The van der Waals surface area contributed by atoms with E-state index in [2.05, 4.69) is 0 Å². The maximum atomic E-state index is 11.7. The SMILES string of the molecule is NCC(O)C(=O)c1ccc2c(c1)CCCC2. The summed E-state index contributed by atoms with van der Waals surface area (Å²) in [5.74, 6) is -0.268. The van der Waals surface area contributed by atoms with Gasteiger partial charge in [0.25, 0.3) is 0 Å². The molecule has 1 aliphatic rings. The molecule has 16 heavy (non-hydrogen) atoms. The fraction of sp³-hybridized carbons (Fsp3) is 0.462. The van der Waals surface area contributed by atoms with Crippen LogP contribution in [0.5, 0.6) is 0 Å². The summed E-state index contributed by atoms with van der Waals surface area (Å²) >= 11 is 0. The lowest BCUT2D eigenvalue weighted by atomic mass is 9.89. The molecule has 1 unspecified atom stereocenters. The fourth-order valence-electron chi connectivity index (χ4n) is 2.19. The molecule has 3 nitrogen and oxygen atoms in total. The Morgan fingerprint density at radius 3 is 2.69 bits per heavy atom. The van der Waals surface area contributed by atoms with Crippen LogP contribution in [-0.4, -0.2) is 23.5 Å². The summed E-state index contributed by atoms with van der Waals surface area (Å²) in [5.41, 5.74) is 8.45. The maximum absolute atomic E-state index is 11.7. The Morgan fingerprint density at radius 1 is 1.31 bits per heavy atom. The number of ketones is 1. The number of aryl methyl sites for hydroxylation is 2. The van der Waals surface area contributed by atoms with Gasteiger partial charge in [-0.25, -0.2) is 0 Å². The summed E-state index contributed by atoms with van der Waals surface area (Å²) < 4.78 is 0. The number of carbonyl (C=O) groups is 1. The van der Waals surface area contributed by atoms with Gasteiger partial charge in [-0.3, -0.25) is 4.79 Å². The van der Waals surface area contributed by atoms with E-state index in [0.29, 0.717) is 5.56 Å². The van der Waals surface area contributed by atoms with Gasteiger partial charge in [0.2, 0.25) is 0 Å². The van der Waals surface area contributed by atoms with Crippen molar-refractivity contribution >= 4 is 5.78 Å². The van der Waals surface area contributed by atoms with E-state index in [4.69, 9.17) is 5.73 Å². The third kappa shape index (κ3) is 2.15. The summed E-state index contributed by atoms with van der Waals surface area (Å²) in [6, 6.07) is 5.71. The van der Waals surface area contributed by atoms with Crippen molar-refractivity contribution in [1.82, 2.24) is 0 Å². The van der Waals surface area contributed by atoms with E-state index in [-0.39, 0.29) is 12.3 Å². The predicted molar refractivity (Wildman–Crippen MR) is 62.5 cm³/mol. The Morgan fingerprint density at radius 2 is 2.00 bits per heavy atom. The van der Waals surface area contributed by atoms with Gasteiger partial charge in [-0.1, -0.05) is 12.1 Å². The highest BCUT2D eigenvalue weighted by molar-refractivity contribution is 5.99. The number of nitrogens with two attached hydrogens (primary N) is 1. The standard InChI is InChI=1S/C13H17NO2/c14-8-12(15)13(16)11-6-5-9-3-1-2-4-10(9)7-11/h5-7,12,15H,1-4,8,14H2. The number of fused-ring (bicyclic) bond motifs is 1. The molecule has 0 aliphatic heterocycles. The van der Waals surface area contributed by atoms with E-state index in [1.54, 1.807) is 6.07 Å². The van der Waals surface area contributed by atoms with E-state index in [0.717, 1.165) is 12.8 Å². The third-order valence-corrected chi connectivity index (χ3v) is 3.16. The van der Waals surface area contributed by atoms with E-state index in [9.17, 15) is 9.90 Å². The highest BCUT2D eigenvalue weighted by Gasteiger charge is 2.17. The number of benzene rings is 1. The topological polar surface area (TPSA) is 63.3 Å². The van der Waals surface area contributed by atoms with Crippen molar-refractivity contribution in [3.8, 4) is 0 Å². The van der Waals surface area contributed by atoms with Crippen LogP contribution in [0.25, 0.3) is 0 Å². The zero-order valence-electron chi connectivity index (χ0n) is 9.28. The third-order valence-electron chi connectivity index (χ3n) is 3.16. The Kier molecular flexibility index (Phi) is 3.36. The van der Waals surface area contributed by atoms with Crippen molar-refractivity contribution in [2.75, 3.05) is 6.54 Å². The van der Waals surface area contributed by atoms with E-state index in [1.165, 1.54) is 24.0 Å². The molecule has 3 heteroatoms. The molecular formula is C13H17NO2. The van der Waals surface area contributed by atoms with Crippen molar-refractivity contribution in [2.45, 2.75) is 31.8 Å². The summed E-state index contributed by atoms with van der Waals surface area (Å²) in [6.45, 7) is -0.0179. The average molecular weight is 219 g/mol. The number of aliphatic hydroxyl groups is 1. The Labute approximate surface area is 95.3 Å². The second-order valence-electron chi connectivity index (χ2n) is 4.31. The predicted octanol–water partition coefficient (Wildman–Crippen LogP) is 1.07. The van der Waals surface area contributed by atoms with Gasteiger partial charge >= 0.3 is 0 Å². The number of aliphatic hydroxyl groups excluding tert-OH is 1. The van der Waals surface area contributed by atoms with E-state index >= 15 is 0 Å². The Hall–Kier alpha value is -1.19. The Bertz CT molecular complexity index is 401. The highest BCUT2D eigenvalue weighted by atomic mass is 16.3. The van der Waals surface area contributed by atoms with Crippen LogP contribution < -0.4 is 5.73 Å². The van der Waals surface area contributed by atoms with Gasteiger partial charge in [0.05, 0.1) is 0 Å². The van der Waals surface area contributed by atoms with Crippen molar-refractivity contribution in [3.63, 3.8) is 0 Å². The zero-order chi connectivity index (χ0) is 11.5. The molecule has 2 rings (SSSR count). The second-order valence-corrected chi connectivity index (χ2v) is 4.31. The molecule has 0 saturated heterocycles. The van der Waals surface area contributed by atoms with Crippen molar-refractivity contribution in [2.24, 2.45) is 5.73 Å². The van der Waals surface area contributed by atoms with Crippen LogP contribution in [0, 0.1) is 0 Å². The normalized spacial score (nSPS) is 16.6. The maximum Gasteiger partial charge on any atom is 0.192 e. The number of Topliss-reactive ketones (excluding diaryl/α,β-unsaturated/α-hetero) is 1.